The Labute approximate surface area is 173 Å². The van der Waals surface area contributed by atoms with Gasteiger partial charge in [-0.3, -0.25) is 4.79 Å². The molecule has 0 aromatic heterocycles. The maximum Gasteiger partial charge on any atom is 0.515 e. The Bertz CT molecular complexity index is 958. The van der Waals surface area contributed by atoms with Gasteiger partial charge in [-0.15, -0.1) is 4.21 Å². The second-order valence-electron chi connectivity index (χ2n) is 6.52. The summed E-state index contributed by atoms with van der Waals surface area (Å²) in [7, 11) is -2.02. The van der Waals surface area contributed by atoms with Crippen LogP contribution in [0.2, 0.25) is 0 Å². The quantitative estimate of drug-likeness (QED) is 0.155. The van der Waals surface area contributed by atoms with E-state index in [1.807, 2.05) is 6.92 Å². The molecule has 3 nitrogen and oxygen atoms in total. The van der Waals surface area contributed by atoms with Crippen molar-refractivity contribution in [1.29, 1.82) is 0 Å². The zero-order chi connectivity index (χ0) is 24.1. The van der Waals surface area contributed by atoms with Gasteiger partial charge in [-0.2, -0.15) is 0 Å². The van der Waals surface area contributed by atoms with Crippen molar-refractivity contribution >= 4 is 28.2 Å². The van der Waals surface area contributed by atoms with E-state index in [1.165, 1.54) is 0 Å². The number of carbonyl (C=O) groups is 1. The van der Waals surface area contributed by atoms with Crippen LogP contribution in [0, 0.1) is 29.1 Å². The smallest absolute Gasteiger partial charge is 0.494 e. The molecule has 0 aliphatic heterocycles. The molecule has 0 spiro atoms. The van der Waals surface area contributed by atoms with E-state index in [-0.39, 0.29) is 11.5 Å². The van der Waals surface area contributed by atoms with Crippen LogP contribution in [0.4, 0.5) is 34.9 Å². The van der Waals surface area contributed by atoms with Crippen LogP contribution in [0.25, 0.3) is 0 Å². The first kappa shape index (κ1) is 26.6. The lowest BCUT2D eigenvalue weighted by atomic mass is 9.79. The fourth-order valence-electron chi connectivity index (χ4n) is 2.21. The van der Waals surface area contributed by atoms with Gasteiger partial charge in [0.15, 0.2) is 23.2 Å². The van der Waals surface area contributed by atoms with Crippen molar-refractivity contribution in [2.75, 3.05) is 24.9 Å². The van der Waals surface area contributed by atoms with Gasteiger partial charge in [-0.1, -0.05) is 0 Å². The Hall–Kier alpha value is -2.44. The maximum absolute atomic E-state index is 12.5. The van der Waals surface area contributed by atoms with Gasteiger partial charge >= 0.3 is 6.98 Å². The summed E-state index contributed by atoms with van der Waals surface area (Å²) in [5.41, 5.74) is -2.15. The predicted octanol–water partition coefficient (Wildman–Crippen LogP) is 4.46. The number of halogens is 8. The summed E-state index contributed by atoms with van der Waals surface area (Å²) in [5.74, 6) is -12.8. The molecule has 0 saturated heterocycles. The van der Waals surface area contributed by atoms with E-state index in [9.17, 15) is 43.9 Å². The molecular weight excluding hydrogens is 459 g/mol. The number of hydrogen-bond donors (Lipinski definition) is 0. The normalized spacial score (nSPS) is 11.6. The fraction of sp³-hybridized carbons (Fsp3) is 0.278. The molecule has 2 aromatic carbocycles. The van der Waals surface area contributed by atoms with Crippen LogP contribution in [0.3, 0.4) is 0 Å². The van der Waals surface area contributed by atoms with E-state index in [1.54, 1.807) is 36.8 Å². The molecule has 0 unspecified atom stereocenters. The Morgan fingerprint density at radius 1 is 0.871 bits per heavy atom. The summed E-state index contributed by atoms with van der Waals surface area (Å²) in [4.78, 5) is 11.7. The van der Waals surface area contributed by atoms with Crippen molar-refractivity contribution in [2.24, 2.45) is 0 Å². The van der Waals surface area contributed by atoms with E-state index in [0.717, 1.165) is 5.75 Å². The first-order valence-corrected chi connectivity index (χ1v) is 11.0. The molecule has 2 aromatic rings. The van der Waals surface area contributed by atoms with Gasteiger partial charge < -0.3 is 17.7 Å². The molecule has 0 bridgehead atoms. The summed E-state index contributed by atoms with van der Waals surface area (Å²) in [6.45, 7) is -3.80. The van der Waals surface area contributed by atoms with Crippen molar-refractivity contribution in [3.05, 3.63) is 58.9 Å². The minimum atomic E-state index is -6.30. The van der Waals surface area contributed by atoms with Crippen molar-refractivity contribution < 1.29 is 48.6 Å². The Balaban J connectivity index is 0.000000311. The van der Waals surface area contributed by atoms with Crippen molar-refractivity contribution in [1.82, 2.24) is 0 Å². The van der Waals surface area contributed by atoms with Crippen molar-refractivity contribution in [3.8, 4) is 5.75 Å². The first-order valence-electron chi connectivity index (χ1n) is 8.49. The second kappa shape index (κ2) is 10.2. The second-order valence-corrected chi connectivity index (χ2v) is 9.68. The number of carbonyl (C=O) groups excluding carboxylic acids is 1. The summed E-state index contributed by atoms with van der Waals surface area (Å²) in [5, 5.41) is 0. The van der Waals surface area contributed by atoms with Crippen LogP contribution < -0.4 is 10.2 Å². The minimum Gasteiger partial charge on any atom is -0.494 e. The highest BCUT2D eigenvalue weighted by atomic mass is 32.2. The maximum atomic E-state index is 12.5. The third-order valence-corrected chi connectivity index (χ3v) is 4.49. The van der Waals surface area contributed by atoms with Crippen LogP contribution in [0.15, 0.2) is 24.3 Å². The summed E-state index contributed by atoms with van der Waals surface area (Å²) in [6.07, 6.45) is 3.19. The average molecular weight is 476 g/mol. The Kier molecular flexibility index (Phi) is 8.79. The molecule has 0 aliphatic rings. The Morgan fingerprint density at radius 2 is 1.29 bits per heavy atom. The van der Waals surface area contributed by atoms with E-state index in [2.05, 4.69) is 0 Å². The number of ether oxygens (including phenoxy) is 1. The van der Waals surface area contributed by atoms with Gasteiger partial charge in [-0.05, 0) is 36.7 Å². The van der Waals surface area contributed by atoms with E-state index in [4.69, 9.17) is 4.74 Å². The number of benzene rings is 2. The predicted molar refractivity (Wildman–Crippen MR) is 102 cm³/mol. The molecular formula is C18H17BF8O3S. The summed E-state index contributed by atoms with van der Waals surface area (Å²) in [6, 6.07) is 6.92. The molecule has 0 fully saturated rings. The Morgan fingerprint density at radius 3 is 1.65 bits per heavy atom. The van der Waals surface area contributed by atoms with Crippen molar-refractivity contribution in [2.45, 2.75) is 6.92 Å². The van der Waals surface area contributed by atoms with Crippen molar-refractivity contribution in [3.63, 3.8) is 0 Å². The van der Waals surface area contributed by atoms with Crippen LogP contribution in [0.1, 0.15) is 17.3 Å². The molecule has 0 amide bonds. The first-order chi connectivity index (χ1) is 14.1. The van der Waals surface area contributed by atoms with Gasteiger partial charge in [0.25, 0.3) is 0 Å². The van der Waals surface area contributed by atoms with Gasteiger partial charge in [0.05, 0.1) is 16.5 Å². The highest BCUT2D eigenvalue weighted by Gasteiger charge is 2.37. The van der Waals surface area contributed by atoms with E-state index in [0.29, 0.717) is 12.2 Å². The molecule has 0 saturated carbocycles. The third kappa shape index (κ3) is 7.33. The standard InChI is InChI=1S/C12H17O3S.C6BF8/c1-4-15-11-7-5-10(6-8-11)12(13)9-16(2,3)14;8-2-1(7(13,14)15)3(9)5(11)6(12)4(2)10/h5-8H,4,9H2,1-3H3;/q+1;-1. The third-order valence-electron chi connectivity index (χ3n) is 3.54. The lowest BCUT2D eigenvalue weighted by Gasteiger charge is -2.17. The molecule has 13 heteroatoms. The molecule has 0 N–H and O–H groups in total. The van der Waals surface area contributed by atoms with Crippen LogP contribution >= 0.6 is 0 Å². The molecule has 0 heterocycles. The number of Topliss-reactive ketones (excluding diaryl/α,β-unsaturated/α-hetero) is 1. The van der Waals surface area contributed by atoms with E-state index >= 15 is 0 Å². The van der Waals surface area contributed by atoms with Gasteiger partial charge in [0, 0.05) is 5.56 Å². The van der Waals surface area contributed by atoms with Crippen LogP contribution in [-0.4, -0.2) is 37.6 Å². The summed E-state index contributed by atoms with van der Waals surface area (Å²) >= 11 is 0. The average Bonchev–Trinajstić information content (AvgIpc) is 2.64. The zero-order valence-electron chi connectivity index (χ0n) is 16.5. The van der Waals surface area contributed by atoms with E-state index < -0.39 is 51.5 Å². The molecule has 2 rings (SSSR count). The fourth-order valence-corrected chi connectivity index (χ4v) is 3.01. The molecule has 0 aliphatic carbocycles. The zero-order valence-corrected chi connectivity index (χ0v) is 17.3. The lowest BCUT2D eigenvalue weighted by molar-refractivity contribution is 0.102. The highest BCUT2D eigenvalue weighted by molar-refractivity contribution is 8.02. The van der Waals surface area contributed by atoms with Crippen LogP contribution in [0.5, 0.6) is 5.75 Å². The van der Waals surface area contributed by atoms with Crippen LogP contribution in [-0.2, 0) is 14.1 Å². The van der Waals surface area contributed by atoms with Gasteiger partial charge in [-0.25, -0.2) is 22.0 Å². The largest absolute Gasteiger partial charge is 0.515 e. The molecule has 31 heavy (non-hydrogen) atoms. The minimum absolute atomic E-state index is 0.0851. The number of hydrogen-bond acceptors (Lipinski definition) is 3. The topological polar surface area (TPSA) is 43.4 Å². The number of rotatable bonds is 6. The molecule has 172 valence electrons. The molecule has 0 atom stereocenters. The SMILES string of the molecule is CCOc1ccc(C(=O)C[S+](C)(C)=O)cc1.Fc1c(F)c(F)c([B-](F)(F)F)c(F)c1F. The number of ketones is 1. The molecule has 0 radical (unpaired) electrons. The summed E-state index contributed by atoms with van der Waals surface area (Å²) < 4.78 is 114. The lowest BCUT2D eigenvalue weighted by Crippen LogP contribution is -2.41. The van der Waals surface area contributed by atoms with Gasteiger partial charge in [0.1, 0.15) is 29.9 Å². The highest BCUT2D eigenvalue weighted by Crippen LogP contribution is 2.21. The monoisotopic (exact) mass is 476 g/mol. The van der Waals surface area contributed by atoms with Gasteiger partial charge in [0.2, 0.25) is 5.78 Å².